The Hall–Kier alpha value is -2.65. The summed E-state index contributed by atoms with van der Waals surface area (Å²) in [6, 6.07) is 7.27. The second kappa shape index (κ2) is 8.57. The fourth-order valence-corrected chi connectivity index (χ4v) is 4.05. The third-order valence-electron chi connectivity index (χ3n) is 4.58. The van der Waals surface area contributed by atoms with Gasteiger partial charge in [-0.2, -0.15) is 5.10 Å². The zero-order chi connectivity index (χ0) is 19.3. The monoisotopic (exact) mass is 399 g/mol. The van der Waals surface area contributed by atoms with Crippen molar-refractivity contribution in [1.29, 1.82) is 0 Å². The molecule has 28 heavy (non-hydrogen) atoms. The van der Waals surface area contributed by atoms with Gasteiger partial charge in [0.1, 0.15) is 5.39 Å². The predicted octanol–water partition coefficient (Wildman–Crippen LogP) is 2.35. The van der Waals surface area contributed by atoms with Crippen molar-refractivity contribution >= 4 is 34.4 Å². The van der Waals surface area contributed by atoms with Crippen LogP contribution < -0.4 is 10.9 Å². The van der Waals surface area contributed by atoms with E-state index in [1.165, 1.54) is 18.9 Å². The van der Waals surface area contributed by atoms with Gasteiger partial charge in [0.2, 0.25) is 5.91 Å². The minimum atomic E-state index is -0.226. The van der Waals surface area contributed by atoms with E-state index >= 15 is 0 Å². The molecule has 0 spiro atoms. The normalized spacial score (nSPS) is 16.9. The van der Waals surface area contributed by atoms with E-state index in [2.05, 4.69) is 20.4 Å². The number of aromatic amines is 1. The largest absolute Gasteiger partial charge is 0.377 e. The van der Waals surface area contributed by atoms with Gasteiger partial charge in [-0.1, -0.05) is 0 Å². The molecule has 1 amide bonds. The molecule has 3 aromatic rings. The quantitative estimate of drug-likeness (QED) is 0.660. The number of ether oxygens (including phenoxy) is 1. The Morgan fingerprint density at radius 2 is 2.18 bits per heavy atom. The molecule has 146 valence electrons. The molecular formula is C19H21N5O3S. The Balaban J connectivity index is 1.34. The van der Waals surface area contributed by atoms with E-state index < -0.39 is 0 Å². The summed E-state index contributed by atoms with van der Waals surface area (Å²) in [6.07, 6.45) is 6.55. The minimum Gasteiger partial charge on any atom is -0.377 e. The number of thioether (sulfide) groups is 1. The van der Waals surface area contributed by atoms with Crippen molar-refractivity contribution in [3.05, 3.63) is 47.1 Å². The van der Waals surface area contributed by atoms with Crippen LogP contribution in [0.5, 0.6) is 0 Å². The van der Waals surface area contributed by atoms with Crippen LogP contribution in [-0.4, -0.2) is 49.9 Å². The maximum absolute atomic E-state index is 12.1. The predicted molar refractivity (Wildman–Crippen MR) is 109 cm³/mol. The lowest BCUT2D eigenvalue weighted by Crippen LogP contribution is -2.23. The van der Waals surface area contributed by atoms with E-state index in [1.807, 2.05) is 24.3 Å². The first-order valence-corrected chi connectivity index (χ1v) is 10.4. The molecule has 1 aromatic carbocycles. The molecule has 0 bridgehead atoms. The molecule has 1 saturated heterocycles. The fraction of sp³-hybridized carbons (Fsp3) is 0.368. The Morgan fingerprint density at radius 3 is 2.96 bits per heavy atom. The number of nitrogens with zero attached hydrogens (tertiary/aromatic N) is 3. The first-order valence-electron chi connectivity index (χ1n) is 9.22. The lowest BCUT2D eigenvalue weighted by atomic mass is 10.1. The number of aromatic nitrogens is 4. The highest BCUT2D eigenvalue weighted by atomic mass is 32.2. The molecule has 0 radical (unpaired) electrons. The van der Waals surface area contributed by atoms with Crippen LogP contribution in [0.2, 0.25) is 0 Å². The van der Waals surface area contributed by atoms with E-state index in [1.54, 1.807) is 16.4 Å². The van der Waals surface area contributed by atoms with E-state index in [0.29, 0.717) is 22.5 Å². The fourth-order valence-electron chi connectivity index (χ4n) is 3.15. The highest BCUT2D eigenvalue weighted by Gasteiger charge is 2.14. The van der Waals surface area contributed by atoms with E-state index in [-0.39, 0.29) is 17.6 Å². The molecule has 8 nitrogen and oxygen atoms in total. The number of carbonyl (C=O) groups is 1. The summed E-state index contributed by atoms with van der Waals surface area (Å²) < 4.78 is 7.27. The van der Waals surface area contributed by atoms with Crippen LogP contribution in [0.25, 0.3) is 16.7 Å². The summed E-state index contributed by atoms with van der Waals surface area (Å²) in [7, 11) is 0. The second-order valence-corrected chi connectivity index (χ2v) is 7.65. The van der Waals surface area contributed by atoms with Crippen LogP contribution in [-0.2, 0) is 9.53 Å². The summed E-state index contributed by atoms with van der Waals surface area (Å²) in [5, 5.41) is 7.56. The van der Waals surface area contributed by atoms with Crippen LogP contribution in [0, 0.1) is 0 Å². The summed E-state index contributed by atoms with van der Waals surface area (Å²) >= 11 is 1.60. The number of rotatable bonds is 6. The first-order chi connectivity index (χ1) is 13.7. The van der Waals surface area contributed by atoms with Crippen LogP contribution in [0.4, 0.5) is 5.69 Å². The Bertz CT molecular complexity index is 1010. The highest BCUT2D eigenvalue weighted by molar-refractivity contribution is 8.00. The van der Waals surface area contributed by atoms with Gasteiger partial charge in [-0.25, -0.2) is 9.67 Å². The van der Waals surface area contributed by atoms with Crippen LogP contribution in [0.1, 0.15) is 19.3 Å². The molecule has 1 atom stereocenters. The smallest absolute Gasteiger partial charge is 0.261 e. The third kappa shape index (κ3) is 4.26. The molecule has 1 aliphatic rings. The Labute approximate surface area is 165 Å². The first kappa shape index (κ1) is 18.7. The minimum absolute atomic E-state index is 0.0358. The summed E-state index contributed by atoms with van der Waals surface area (Å²) in [4.78, 5) is 30.6. The Kier molecular flexibility index (Phi) is 5.73. The van der Waals surface area contributed by atoms with Gasteiger partial charge < -0.3 is 15.0 Å². The zero-order valence-electron chi connectivity index (χ0n) is 15.3. The van der Waals surface area contributed by atoms with Gasteiger partial charge in [0, 0.05) is 18.0 Å². The topological polar surface area (TPSA) is 102 Å². The molecular weight excluding hydrogens is 378 g/mol. The second-order valence-electron chi connectivity index (χ2n) is 6.62. The van der Waals surface area contributed by atoms with Crippen molar-refractivity contribution in [1.82, 2.24) is 19.7 Å². The van der Waals surface area contributed by atoms with Crippen LogP contribution >= 0.6 is 11.8 Å². The van der Waals surface area contributed by atoms with E-state index in [0.717, 1.165) is 30.9 Å². The number of fused-ring (bicyclic) bond motifs is 1. The van der Waals surface area contributed by atoms with Crippen molar-refractivity contribution in [2.45, 2.75) is 25.4 Å². The van der Waals surface area contributed by atoms with Crippen molar-refractivity contribution < 1.29 is 9.53 Å². The Morgan fingerprint density at radius 1 is 1.32 bits per heavy atom. The summed E-state index contributed by atoms with van der Waals surface area (Å²) in [6.45, 7) is 0.833. The van der Waals surface area contributed by atoms with Crippen molar-refractivity contribution in [2.24, 2.45) is 0 Å². The lowest BCUT2D eigenvalue weighted by Gasteiger charge is -2.21. The SMILES string of the molecule is O=C(CSCC1CCCCO1)Nc1ccc(-n2ncc3c(=O)[nH]cnc32)cc1. The molecule has 1 unspecified atom stereocenters. The molecule has 4 rings (SSSR count). The number of nitrogens with one attached hydrogen (secondary N) is 2. The number of H-pyrrole nitrogens is 1. The summed E-state index contributed by atoms with van der Waals surface area (Å²) in [5.41, 5.74) is 1.73. The molecule has 2 N–H and O–H groups in total. The maximum Gasteiger partial charge on any atom is 0.261 e. The lowest BCUT2D eigenvalue weighted by molar-refractivity contribution is -0.113. The molecule has 3 heterocycles. The van der Waals surface area contributed by atoms with E-state index in [9.17, 15) is 9.59 Å². The average molecular weight is 399 g/mol. The van der Waals surface area contributed by atoms with Crippen LogP contribution in [0.3, 0.4) is 0 Å². The van der Waals surface area contributed by atoms with Crippen molar-refractivity contribution in [3.8, 4) is 5.69 Å². The third-order valence-corrected chi connectivity index (χ3v) is 5.65. The van der Waals surface area contributed by atoms with Gasteiger partial charge in [-0.15, -0.1) is 11.8 Å². The van der Waals surface area contributed by atoms with Gasteiger partial charge in [-0.3, -0.25) is 9.59 Å². The van der Waals surface area contributed by atoms with Gasteiger partial charge in [0.25, 0.3) is 5.56 Å². The maximum atomic E-state index is 12.1. The number of benzene rings is 1. The molecule has 1 aliphatic heterocycles. The standard InChI is InChI=1S/C19H21N5O3S/c25-17(11-28-10-15-3-1-2-8-27-15)23-13-4-6-14(7-5-13)24-18-16(9-22-24)19(26)21-12-20-18/h4-7,9,12,15H,1-3,8,10-11H2,(H,23,25)(H,20,21,26). The van der Waals surface area contributed by atoms with Gasteiger partial charge >= 0.3 is 0 Å². The number of hydrogen-bond acceptors (Lipinski definition) is 6. The average Bonchev–Trinajstić information content (AvgIpc) is 3.15. The summed E-state index contributed by atoms with van der Waals surface area (Å²) in [5.74, 6) is 1.22. The van der Waals surface area contributed by atoms with Gasteiger partial charge in [0.05, 0.1) is 30.1 Å². The van der Waals surface area contributed by atoms with Gasteiger partial charge in [0.15, 0.2) is 5.65 Å². The van der Waals surface area contributed by atoms with Gasteiger partial charge in [-0.05, 0) is 43.5 Å². The molecule has 9 heteroatoms. The van der Waals surface area contributed by atoms with Crippen molar-refractivity contribution in [2.75, 3.05) is 23.4 Å². The number of anilines is 1. The van der Waals surface area contributed by atoms with Crippen LogP contribution in [0.15, 0.2) is 41.6 Å². The number of hydrogen-bond donors (Lipinski definition) is 2. The molecule has 1 fully saturated rings. The van der Waals surface area contributed by atoms with Crippen molar-refractivity contribution in [3.63, 3.8) is 0 Å². The van der Waals surface area contributed by atoms with E-state index in [4.69, 9.17) is 4.74 Å². The molecule has 0 saturated carbocycles. The highest BCUT2D eigenvalue weighted by Crippen LogP contribution is 2.19. The number of carbonyl (C=O) groups excluding carboxylic acids is 1. The number of amides is 1. The molecule has 2 aromatic heterocycles. The zero-order valence-corrected chi connectivity index (χ0v) is 16.1. The molecule has 0 aliphatic carbocycles.